The highest BCUT2D eigenvalue weighted by molar-refractivity contribution is 5.84. The summed E-state index contributed by atoms with van der Waals surface area (Å²) in [6, 6.07) is 9.54. The van der Waals surface area contributed by atoms with E-state index in [1.165, 1.54) is 0 Å². The molecule has 2 aliphatic rings. The number of nitriles is 1. The first-order valence-electron chi connectivity index (χ1n) is 9.30. The minimum atomic E-state index is -0.505. The van der Waals surface area contributed by atoms with Gasteiger partial charge in [0.15, 0.2) is 0 Å². The van der Waals surface area contributed by atoms with E-state index < -0.39 is 5.60 Å². The van der Waals surface area contributed by atoms with Crippen LogP contribution in [-0.2, 0) is 16.0 Å². The second-order valence-electron chi connectivity index (χ2n) is 8.40. The average Bonchev–Trinajstić information content (AvgIpc) is 2.83. The molecular formula is C21H26N2O3. The highest BCUT2D eigenvalue weighted by Crippen LogP contribution is 2.40. The highest BCUT2D eigenvalue weighted by Gasteiger charge is 2.46. The summed E-state index contributed by atoms with van der Waals surface area (Å²) in [5.74, 6) is 0.192. The maximum atomic E-state index is 12.8. The fraction of sp³-hybridized carbons (Fsp3) is 0.571. The number of piperidine rings is 1. The molecule has 2 aliphatic heterocycles. The van der Waals surface area contributed by atoms with E-state index in [2.05, 4.69) is 6.07 Å². The van der Waals surface area contributed by atoms with Gasteiger partial charge in [-0.15, -0.1) is 0 Å². The van der Waals surface area contributed by atoms with E-state index in [0.29, 0.717) is 24.8 Å². The molecule has 0 spiro atoms. The molecule has 1 amide bonds. The van der Waals surface area contributed by atoms with Crippen LogP contribution in [0.3, 0.4) is 0 Å². The van der Waals surface area contributed by atoms with Crippen molar-refractivity contribution < 1.29 is 14.3 Å². The maximum Gasteiger partial charge on any atom is 0.410 e. The summed E-state index contributed by atoms with van der Waals surface area (Å²) in [6.45, 7) is 5.62. The van der Waals surface area contributed by atoms with Crippen molar-refractivity contribution in [2.75, 3.05) is 0 Å². The number of Topliss-reactive ketones (excluding diaryl/α,β-unsaturated/α-hetero) is 1. The van der Waals surface area contributed by atoms with Crippen molar-refractivity contribution in [3.8, 4) is 6.07 Å². The second kappa shape index (κ2) is 7.11. The van der Waals surface area contributed by atoms with Crippen LogP contribution in [0.2, 0.25) is 0 Å². The Balaban J connectivity index is 1.64. The molecule has 2 heterocycles. The fourth-order valence-corrected chi connectivity index (χ4v) is 4.15. The first kappa shape index (κ1) is 18.4. The number of ether oxygens (including phenoxy) is 1. The molecule has 1 aromatic carbocycles. The van der Waals surface area contributed by atoms with E-state index in [4.69, 9.17) is 10.00 Å². The molecule has 2 unspecified atom stereocenters. The van der Waals surface area contributed by atoms with Gasteiger partial charge in [0, 0.05) is 24.4 Å². The van der Waals surface area contributed by atoms with Crippen molar-refractivity contribution in [1.29, 1.82) is 5.26 Å². The van der Waals surface area contributed by atoms with Gasteiger partial charge in [0.05, 0.1) is 11.6 Å². The van der Waals surface area contributed by atoms with Crippen LogP contribution in [0.1, 0.15) is 57.6 Å². The van der Waals surface area contributed by atoms with Crippen molar-refractivity contribution in [1.82, 2.24) is 4.90 Å². The lowest BCUT2D eigenvalue weighted by atomic mass is 9.85. The summed E-state index contributed by atoms with van der Waals surface area (Å²) >= 11 is 0. The first-order chi connectivity index (χ1) is 12.3. The number of carbonyl (C=O) groups is 2. The lowest BCUT2D eigenvalue weighted by Gasteiger charge is -2.39. The Bertz CT molecular complexity index is 730. The Labute approximate surface area is 154 Å². The van der Waals surface area contributed by atoms with Gasteiger partial charge in [-0.05, 0) is 64.2 Å². The van der Waals surface area contributed by atoms with Gasteiger partial charge >= 0.3 is 6.09 Å². The second-order valence-corrected chi connectivity index (χ2v) is 8.40. The lowest BCUT2D eigenvalue weighted by molar-refractivity contribution is -0.124. The summed E-state index contributed by atoms with van der Waals surface area (Å²) in [5, 5.41) is 9.00. The molecule has 0 radical (unpaired) electrons. The van der Waals surface area contributed by atoms with E-state index in [9.17, 15) is 9.59 Å². The summed E-state index contributed by atoms with van der Waals surface area (Å²) in [4.78, 5) is 27.1. The van der Waals surface area contributed by atoms with Gasteiger partial charge in [0.25, 0.3) is 0 Å². The van der Waals surface area contributed by atoms with Crippen LogP contribution in [0.15, 0.2) is 24.3 Å². The van der Waals surface area contributed by atoms with E-state index >= 15 is 0 Å². The summed E-state index contributed by atoms with van der Waals surface area (Å²) in [7, 11) is 0. The van der Waals surface area contributed by atoms with E-state index in [0.717, 1.165) is 18.4 Å². The van der Waals surface area contributed by atoms with Crippen LogP contribution < -0.4 is 0 Å². The molecule has 0 saturated carbocycles. The van der Waals surface area contributed by atoms with Crippen LogP contribution in [0.25, 0.3) is 0 Å². The van der Waals surface area contributed by atoms with Crippen LogP contribution in [0.5, 0.6) is 0 Å². The highest BCUT2D eigenvalue weighted by atomic mass is 16.6. The SMILES string of the molecule is CC(C)(C)OC(=O)N1C2CCC1CC(C(=O)Cc1cccc(C#N)c1)C2. The molecule has 0 N–H and O–H groups in total. The van der Waals surface area contributed by atoms with Crippen LogP contribution >= 0.6 is 0 Å². The third-order valence-corrected chi connectivity index (χ3v) is 5.23. The molecule has 5 nitrogen and oxygen atoms in total. The fourth-order valence-electron chi connectivity index (χ4n) is 4.15. The Kier molecular flexibility index (Phi) is 5.04. The van der Waals surface area contributed by atoms with Crippen LogP contribution in [0, 0.1) is 17.2 Å². The number of amides is 1. The average molecular weight is 354 g/mol. The molecule has 26 heavy (non-hydrogen) atoms. The third kappa shape index (κ3) is 4.07. The number of fused-ring (bicyclic) bond motifs is 2. The topological polar surface area (TPSA) is 70.4 Å². The van der Waals surface area contributed by atoms with Gasteiger partial charge < -0.3 is 9.64 Å². The van der Waals surface area contributed by atoms with Crippen molar-refractivity contribution in [3.63, 3.8) is 0 Å². The quantitative estimate of drug-likeness (QED) is 0.827. The van der Waals surface area contributed by atoms with Gasteiger partial charge in [-0.2, -0.15) is 5.26 Å². The number of carbonyl (C=O) groups excluding carboxylic acids is 2. The van der Waals surface area contributed by atoms with Crippen LogP contribution in [-0.4, -0.2) is 34.5 Å². The number of hydrogen-bond donors (Lipinski definition) is 0. The zero-order valence-corrected chi connectivity index (χ0v) is 15.7. The Morgan fingerprint density at radius 2 is 1.88 bits per heavy atom. The van der Waals surface area contributed by atoms with Gasteiger partial charge in [0.2, 0.25) is 0 Å². The molecular weight excluding hydrogens is 328 g/mol. The smallest absolute Gasteiger partial charge is 0.410 e. The van der Waals surface area contributed by atoms with Gasteiger partial charge in [-0.1, -0.05) is 12.1 Å². The molecule has 0 aromatic heterocycles. The zero-order valence-electron chi connectivity index (χ0n) is 15.7. The van der Waals surface area contributed by atoms with E-state index in [1.54, 1.807) is 12.1 Å². The van der Waals surface area contributed by atoms with Crippen molar-refractivity contribution >= 4 is 11.9 Å². The number of rotatable bonds is 3. The van der Waals surface area contributed by atoms with Crippen molar-refractivity contribution in [3.05, 3.63) is 35.4 Å². The minimum Gasteiger partial charge on any atom is -0.444 e. The van der Waals surface area contributed by atoms with Gasteiger partial charge in [-0.3, -0.25) is 4.79 Å². The number of ketones is 1. The summed E-state index contributed by atoms with van der Waals surface area (Å²) in [6.07, 6.45) is 3.41. The minimum absolute atomic E-state index is 0.0167. The monoisotopic (exact) mass is 354 g/mol. The molecule has 5 heteroatoms. The molecule has 3 rings (SSSR count). The van der Waals surface area contributed by atoms with Crippen LogP contribution in [0.4, 0.5) is 4.79 Å². The third-order valence-electron chi connectivity index (χ3n) is 5.23. The Morgan fingerprint density at radius 3 is 2.46 bits per heavy atom. The molecule has 2 atom stereocenters. The molecule has 1 aromatic rings. The normalized spacial score (nSPS) is 24.8. The van der Waals surface area contributed by atoms with E-state index in [-0.39, 0.29) is 29.9 Å². The zero-order chi connectivity index (χ0) is 18.9. The first-order valence-corrected chi connectivity index (χ1v) is 9.30. The predicted molar refractivity (Wildman–Crippen MR) is 97.5 cm³/mol. The standard InChI is InChI=1S/C21H26N2O3/c1-21(2,3)26-20(25)23-17-7-8-18(23)12-16(11-17)19(24)10-14-5-4-6-15(9-14)13-22/h4-6,9,16-18H,7-8,10-12H2,1-3H3. The molecule has 0 aliphatic carbocycles. The molecule has 2 fully saturated rings. The number of hydrogen-bond acceptors (Lipinski definition) is 4. The summed E-state index contributed by atoms with van der Waals surface area (Å²) < 4.78 is 5.55. The van der Waals surface area contributed by atoms with Crippen molar-refractivity contribution in [2.24, 2.45) is 5.92 Å². The Hall–Kier alpha value is -2.35. The van der Waals surface area contributed by atoms with Gasteiger partial charge in [-0.25, -0.2) is 4.79 Å². The predicted octanol–water partition coefficient (Wildman–Crippen LogP) is 3.85. The van der Waals surface area contributed by atoms with E-state index in [1.807, 2.05) is 37.8 Å². The summed E-state index contributed by atoms with van der Waals surface area (Å²) in [5.41, 5.74) is 0.959. The molecule has 138 valence electrons. The number of nitrogens with zero attached hydrogens (tertiary/aromatic N) is 2. The van der Waals surface area contributed by atoms with Crippen molar-refractivity contribution in [2.45, 2.75) is 70.6 Å². The number of benzene rings is 1. The lowest BCUT2D eigenvalue weighted by Crippen LogP contribution is -2.49. The van der Waals surface area contributed by atoms with Gasteiger partial charge in [0.1, 0.15) is 11.4 Å². The molecule has 2 saturated heterocycles. The largest absolute Gasteiger partial charge is 0.444 e. The molecule has 2 bridgehead atoms. The Morgan fingerprint density at radius 1 is 1.23 bits per heavy atom. The maximum absolute atomic E-state index is 12.8.